The van der Waals surface area contributed by atoms with Gasteiger partial charge >= 0.3 is 0 Å². The first-order chi connectivity index (χ1) is 13.3. The van der Waals surface area contributed by atoms with Crippen LogP contribution in [0.15, 0.2) is 89.9 Å². The minimum atomic E-state index is 0. The van der Waals surface area contributed by atoms with Crippen LogP contribution in [0.25, 0.3) is 11.1 Å². The van der Waals surface area contributed by atoms with Crippen molar-refractivity contribution in [1.82, 2.24) is 0 Å². The molecule has 1 heterocycles. The molecule has 142 valence electrons. The van der Waals surface area contributed by atoms with Crippen molar-refractivity contribution in [1.29, 1.82) is 0 Å². The molecule has 0 atom stereocenters. The van der Waals surface area contributed by atoms with Gasteiger partial charge in [0, 0.05) is 17.0 Å². The van der Waals surface area contributed by atoms with Crippen LogP contribution in [0.1, 0.15) is 10.4 Å². The van der Waals surface area contributed by atoms with Crippen LogP contribution in [0.5, 0.6) is 0 Å². The normalized spacial score (nSPS) is 12.8. The van der Waals surface area contributed by atoms with E-state index in [1.165, 1.54) is 0 Å². The molecule has 0 saturated carbocycles. The Morgan fingerprint density at radius 3 is 2.07 bits per heavy atom. The minimum absolute atomic E-state index is 0. The maximum atomic E-state index is 12.9. The molecule has 3 aromatic carbocycles. The van der Waals surface area contributed by atoms with E-state index in [1.807, 2.05) is 77.7 Å². The summed E-state index contributed by atoms with van der Waals surface area (Å²) in [7, 11) is 0. The van der Waals surface area contributed by atoms with Crippen LogP contribution >= 0.6 is 28.7 Å². The number of Topliss-reactive ketones (excluding diaryl/α,β-unsaturated/α-hetero) is 1. The fraction of sp³-hybridized carbons (Fsp3) is 0.130. The van der Waals surface area contributed by atoms with Crippen molar-refractivity contribution in [2.24, 2.45) is 4.99 Å². The highest BCUT2D eigenvalue weighted by Crippen LogP contribution is 2.24. The molecule has 0 radical (unpaired) electrons. The maximum absolute atomic E-state index is 12.9. The lowest BCUT2D eigenvalue weighted by atomic mass is 10.0. The summed E-state index contributed by atoms with van der Waals surface area (Å²) in [4.78, 5) is 19.5. The lowest BCUT2D eigenvalue weighted by Gasteiger charge is -2.23. The van der Waals surface area contributed by atoms with Crippen molar-refractivity contribution >= 4 is 45.4 Å². The van der Waals surface area contributed by atoms with Crippen LogP contribution in [0.2, 0.25) is 0 Å². The third-order valence-electron chi connectivity index (χ3n) is 4.48. The van der Waals surface area contributed by atoms with Gasteiger partial charge in [0.2, 0.25) is 0 Å². The zero-order chi connectivity index (χ0) is 18.5. The fourth-order valence-electron chi connectivity index (χ4n) is 3.08. The Labute approximate surface area is 180 Å². The van der Waals surface area contributed by atoms with Gasteiger partial charge in [-0.1, -0.05) is 84.6 Å². The number of carbonyl (C=O) groups excluding carboxylic acids is 1. The molecule has 0 aromatic heterocycles. The molecule has 0 spiro atoms. The van der Waals surface area contributed by atoms with E-state index in [2.05, 4.69) is 17.1 Å². The Balaban J connectivity index is 0.00000225. The smallest absolute Gasteiger partial charge is 0.182 e. The van der Waals surface area contributed by atoms with E-state index in [-0.39, 0.29) is 22.8 Å². The molecule has 5 heteroatoms. The quantitative estimate of drug-likeness (QED) is 0.463. The molecule has 1 aliphatic heterocycles. The number of hydrogen-bond acceptors (Lipinski definition) is 4. The zero-order valence-electron chi connectivity index (χ0n) is 15.3. The molecule has 3 aromatic rings. The topological polar surface area (TPSA) is 32.7 Å². The summed E-state index contributed by atoms with van der Waals surface area (Å²) in [5.74, 6) is 1.06. The van der Waals surface area contributed by atoms with Gasteiger partial charge < -0.3 is 4.90 Å². The number of carbonyl (C=O) groups is 1. The molecule has 0 aliphatic carbocycles. The summed E-state index contributed by atoms with van der Waals surface area (Å²) in [5.41, 5.74) is 3.99. The number of thioether (sulfide) groups is 1. The van der Waals surface area contributed by atoms with Crippen molar-refractivity contribution in [2.45, 2.75) is 0 Å². The molecule has 0 bridgehead atoms. The first-order valence-corrected chi connectivity index (χ1v) is 9.98. The van der Waals surface area contributed by atoms with Crippen molar-refractivity contribution in [3.63, 3.8) is 0 Å². The van der Waals surface area contributed by atoms with Crippen LogP contribution in [-0.4, -0.2) is 29.8 Å². The van der Waals surface area contributed by atoms with Crippen molar-refractivity contribution in [3.05, 3.63) is 90.5 Å². The molecule has 0 unspecified atom stereocenters. The fourth-order valence-corrected chi connectivity index (χ4v) is 3.95. The number of benzene rings is 3. The van der Waals surface area contributed by atoms with Crippen molar-refractivity contribution < 1.29 is 4.79 Å². The Hall–Kier alpha value is -2.37. The Kier molecular flexibility index (Phi) is 7.06. The van der Waals surface area contributed by atoms with E-state index in [0.29, 0.717) is 6.54 Å². The van der Waals surface area contributed by atoms with Gasteiger partial charge in [0.15, 0.2) is 11.0 Å². The highest BCUT2D eigenvalue weighted by molar-refractivity contribution is 8.93. The number of hydrogen-bond donors (Lipinski definition) is 0. The number of ketones is 1. The summed E-state index contributed by atoms with van der Waals surface area (Å²) in [6.07, 6.45) is 0. The number of rotatable bonds is 5. The van der Waals surface area contributed by atoms with Crippen LogP contribution in [0.4, 0.5) is 5.69 Å². The van der Waals surface area contributed by atoms with Crippen molar-refractivity contribution in [2.75, 3.05) is 23.7 Å². The first kappa shape index (κ1) is 20.4. The highest BCUT2D eigenvalue weighted by atomic mass is 79.9. The van der Waals surface area contributed by atoms with E-state index in [1.54, 1.807) is 11.8 Å². The van der Waals surface area contributed by atoms with E-state index < -0.39 is 0 Å². The average molecular weight is 453 g/mol. The third kappa shape index (κ3) is 4.72. The number of nitrogens with zero attached hydrogens (tertiary/aromatic N) is 2. The summed E-state index contributed by atoms with van der Waals surface area (Å²) in [6.45, 7) is 1.10. The Morgan fingerprint density at radius 2 is 1.46 bits per heavy atom. The standard InChI is InChI=1S/C23H20N2OS.BrH/c26-22(20-13-11-19(12-14-20)18-7-3-1-4-8-18)17-25(23-24-15-16-27-23)21-9-5-2-6-10-21;/h1-14H,15-17H2;1H. The van der Waals surface area contributed by atoms with Crippen molar-refractivity contribution in [3.8, 4) is 11.1 Å². The van der Waals surface area contributed by atoms with Gasteiger partial charge in [-0.15, -0.1) is 17.0 Å². The first-order valence-electron chi connectivity index (χ1n) is 9.00. The van der Waals surface area contributed by atoms with Gasteiger partial charge in [-0.05, 0) is 23.3 Å². The van der Waals surface area contributed by atoms with Gasteiger partial charge in [-0.3, -0.25) is 9.79 Å². The number of aliphatic imine (C=N–C) groups is 1. The maximum Gasteiger partial charge on any atom is 0.182 e. The molecule has 0 saturated heterocycles. The van der Waals surface area contributed by atoms with E-state index >= 15 is 0 Å². The summed E-state index contributed by atoms with van der Waals surface area (Å²) < 4.78 is 0. The highest BCUT2D eigenvalue weighted by Gasteiger charge is 2.21. The van der Waals surface area contributed by atoms with Gasteiger partial charge in [-0.2, -0.15) is 0 Å². The number of anilines is 1. The molecule has 28 heavy (non-hydrogen) atoms. The largest absolute Gasteiger partial charge is 0.313 e. The summed E-state index contributed by atoms with van der Waals surface area (Å²) in [6, 6.07) is 28.0. The molecule has 1 aliphatic rings. The van der Waals surface area contributed by atoms with E-state index in [4.69, 9.17) is 0 Å². The predicted molar refractivity (Wildman–Crippen MR) is 125 cm³/mol. The second-order valence-electron chi connectivity index (χ2n) is 6.30. The van der Waals surface area contributed by atoms with E-state index in [9.17, 15) is 4.79 Å². The molecule has 0 N–H and O–H groups in total. The SMILES string of the molecule is Br.O=C(CN(C1=NCCS1)c1ccccc1)c1ccc(-c2ccccc2)cc1. The van der Waals surface area contributed by atoms with Crippen LogP contribution in [0.3, 0.4) is 0 Å². The lowest BCUT2D eigenvalue weighted by molar-refractivity contribution is 0.100. The third-order valence-corrected chi connectivity index (χ3v) is 5.48. The second kappa shape index (κ2) is 9.71. The van der Waals surface area contributed by atoms with Gasteiger partial charge in [-0.25, -0.2) is 0 Å². The van der Waals surface area contributed by atoms with Crippen LogP contribution in [-0.2, 0) is 0 Å². The summed E-state index contributed by atoms with van der Waals surface area (Å²) >= 11 is 1.71. The predicted octanol–water partition coefficient (Wildman–Crippen LogP) is 5.72. The number of para-hydroxylation sites is 1. The van der Waals surface area contributed by atoms with Gasteiger partial charge in [0.25, 0.3) is 0 Å². The van der Waals surface area contributed by atoms with Gasteiger partial charge in [0.05, 0.1) is 13.1 Å². The Morgan fingerprint density at radius 1 is 0.857 bits per heavy atom. The molecular formula is C23H21BrN2OS. The molecule has 0 amide bonds. The Bertz CT molecular complexity index is 943. The van der Waals surface area contributed by atoms with Crippen LogP contribution < -0.4 is 4.90 Å². The molecule has 4 rings (SSSR count). The second-order valence-corrected chi connectivity index (χ2v) is 7.36. The van der Waals surface area contributed by atoms with Gasteiger partial charge in [0.1, 0.15) is 0 Å². The monoisotopic (exact) mass is 452 g/mol. The molecule has 0 fully saturated rings. The lowest BCUT2D eigenvalue weighted by Crippen LogP contribution is -2.33. The minimum Gasteiger partial charge on any atom is -0.313 e. The van der Waals surface area contributed by atoms with Crippen LogP contribution in [0, 0.1) is 0 Å². The number of amidine groups is 1. The average Bonchev–Trinajstić information content (AvgIpc) is 3.28. The molecular weight excluding hydrogens is 432 g/mol. The molecule has 3 nitrogen and oxygen atoms in total. The zero-order valence-corrected chi connectivity index (χ0v) is 17.9. The number of halogens is 1. The van der Waals surface area contributed by atoms with E-state index in [0.717, 1.165) is 39.8 Å². The summed E-state index contributed by atoms with van der Waals surface area (Å²) in [5, 5.41) is 0.926.